The molecular formula is C13H19NO4S2. The Morgan fingerprint density at radius 2 is 2.05 bits per heavy atom. The van der Waals surface area contributed by atoms with E-state index in [-0.39, 0.29) is 11.5 Å². The zero-order valence-corrected chi connectivity index (χ0v) is 13.0. The van der Waals surface area contributed by atoms with E-state index < -0.39 is 10.0 Å². The molecule has 0 radical (unpaired) electrons. The van der Waals surface area contributed by atoms with Crippen LogP contribution in [0.1, 0.15) is 12.5 Å². The van der Waals surface area contributed by atoms with Gasteiger partial charge in [-0.3, -0.25) is 0 Å². The summed E-state index contributed by atoms with van der Waals surface area (Å²) < 4.78 is 31.9. The summed E-state index contributed by atoms with van der Waals surface area (Å²) in [5.41, 5.74) is 0.499. The Morgan fingerprint density at radius 3 is 2.65 bits per heavy atom. The molecule has 1 aliphatic heterocycles. The molecule has 1 aliphatic rings. The molecule has 0 bridgehead atoms. The molecule has 0 unspecified atom stereocenters. The number of thioether (sulfide) groups is 1. The van der Waals surface area contributed by atoms with E-state index in [4.69, 9.17) is 4.74 Å². The Kier molecular flexibility index (Phi) is 5.31. The number of aliphatic hydroxyl groups excluding tert-OH is 1. The average Bonchev–Trinajstić information content (AvgIpc) is 2.48. The molecule has 112 valence electrons. The topological polar surface area (TPSA) is 66.8 Å². The van der Waals surface area contributed by atoms with Gasteiger partial charge in [-0.25, -0.2) is 8.42 Å². The predicted molar refractivity (Wildman–Crippen MR) is 79.6 cm³/mol. The highest BCUT2D eigenvalue weighted by molar-refractivity contribution is 7.99. The number of hydrogen-bond acceptors (Lipinski definition) is 5. The molecule has 0 aromatic heterocycles. The molecule has 1 saturated heterocycles. The van der Waals surface area contributed by atoms with Crippen LogP contribution in [-0.4, -0.2) is 49.0 Å². The first-order valence-corrected chi connectivity index (χ1v) is 9.13. The first-order chi connectivity index (χ1) is 9.59. The number of ether oxygens (including phenoxy) is 1. The van der Waals surface area contributed by atoms with Crippen LogP contribution in [0.25, 0.3) is 0 Å². The average molecular weight is 317 g/mol. The number of rotatable bonds is 5. The van der Waals surface area contributed by atoms with Crippen molar-refractivity contribution in [3.63, 3.8) is 0 Å². The van der Waals surface area contributed by atoms with E-state index in [0.29, 0.717) is 31.0 Å². The van der Waals surface area contributed by atoms with Crippen molar-refractivity contribution in [3.8, 4) is 5.75 Å². The van der Waals surface area contributed by atoms with Crippen molar-refractivity contribution in [3.05, 3.63) is 23.8 Å². The lowest BCUT2D eigenvalue weighted by Crippen LogP contribution is -2.37. The number of sulfonamides is 1. The Balaban J connectivity index is 2.31. The van der Waals surface area contributed by atoms with Gasteiger partial charge in [-0.05, 0) is 25.1 Å². The largest absolute Gasteiger partial charge is 0.494 e. The normalized spacial score (nSPS) is 17.1. The van der Waals surface area contributed by atoms with Gasteiger partial charge in [-0.15, -0.1) is 0 Å². The summed E-state index contributed by atoms with van der Waals surface area (Å²) in [5, 5.41) is 9.35. The summed E-state index contributed by atoms with van der Waals surface area (Å²) in [6.07, 6.45) is 0. The van der Waals surface area contributed by atoms with Gasteiger partial charge in [-0.2, -0.15) is 16.1 Å². The minimum Gasteiger partial charge on any atom is -0.494 e. The standard InChI is InChI=1S/C13H19NO4S2/c1-2-18-13-4-3-12(9-11(13)10-15)20(16,17)14-5-7-19-8-6-14/h3-4,9,15H,2,5-8,10H2,1H3. The van der Waals surface area contributed by atoms with Crippen LogP contribution < -0.4 is 4.74 Å². The van der Waals surface area contributed by atoms with Crippen molar-refractivity contribution in [2.45, 2.75) is 18.4 Å². The molecule has 1 aromatic carbocycles. The van der Waals surface area contributed by atoms with Crippen LogP contribution in [0.5, 0.6) is 5.75 Å². The maximum Gasteiger partial charge on any atom is 0.243 e. The molecule has 1 fully saturated rings. The molecule has 7 heteroatoms. The van der Waals surface area contributed by atoms with Crippen LogP contribution >= 0.6 is 11.8 Å². The van der Waals surface area contributed by atoms with Crippen molar-refractivity contribution in [1.82, 2.24) is 4.31 Å². The van der Waals surface area contributed by atoms with E-state index >= 15 is 0 Å². The Hall–Kier alpha value is -0.760. The van der Waals surface area contributed by atoms with Crippen LogP contribution in [0.4, 0.5) is 0 Å². The lowest BCUT2D eigenvalue weighted by atomic mass is 10.2. The third-order valence-electron chi connectivity index (χ3n) is 3.11. The van der Waals surface area contributed by atoms with E-state index in [2.05, 4.69) is 0 Å². The minimum atomic E-state index is -3.47. The molecule has 0 atom stereocenters. The SMILES string of the molecule is CCOc1ccc(S(=O)(=O)N2CCSCC2)cc1CO. The molecular weight excluding hydrogens is 298 g/mol. The second kappa shape index (κ2) is 6.80. The second-order valence-electron chi connectivity index (χ2n) is 4.38. The summed E-state index contributed by atoms with van der Waals surface area (Å²) in [5.74, 6) is 2.18. The van der Waals surface area contributed by atoms with E-state index in [1.54, 1.807) is 23.9 Å². The molecule has 0 spiro atoms. The van der Waals surface area contributed by atoms with Crippen molar-refractivity contribution < 1.29 is 18.3 Å². The van der Waals surface area contributed by atoms with Crippen LogP contribution in [0, 0.1) is 0 Å². The Labute approximate surface area is 124 Å². The third-order valence-corrected chi connectivity index (χ3v) is 5.95. The first-order valence-electron chi connectivity index (χ1n) is 6.54. The fraction of sp³-hybridized carbons (Fsp3) is 0.538. The molecule has 1 heterocycles. The Morgan fingerprint density at radius 1 is 1.35 bits per heavy atom. The van der Waals surface area contributed by atoms with Gasteiger partial charge in [-0.1, -0.05) is 0 Å². The highest BCUT2D eigenvalue weighted by atomic mass is 32.2. The zero-order valence-electron chi connectivity index (χ0n) is 11.4. The smallest absolute Gasteiger partial charge is 0.243 e. The van der Waals surface area contributed by atoms with E-state index in [9.17, 15) is 13.5 Å². The highest BCUT2D eigenvalue weighted by Gasteiger charge is 2.26. The van der Waals surface area contributed by atoms with Gasteiger partial charge < -0.3 is 9.84 Å². The summed E-state index contributed by atoms with van der Waals surface area (Å²) >= 11 is 1.76. The monoisotopic (exact) mass is 317 g/mol. The van der Waals surface area contributed by atoms with E-state index in [1.165, 1.54) is 10.4 Å². The van der Waals surface area contributed by atoms with Gasteiger partial charge >= 0.3 is 0 Å². The summed E-state index contributed by atoms with van der Waals surface area (Å²) in [6.45, 7) is 3.15. The maximum absolute atomic E-state index is 12.5. The molecule has 0 amide bonds. The minimum absolute atomic E-state index is 0.219. The highest BCUT2D eigenvalue weighted by Crippen LogP contribution is 2.26. The summed E-state index contributed by atoms with van der Waals surface area (Å²) in [4.78, 5) is 0.219. The van der Waals surface area contributed by atoms with Crippen LogP contribution in [0.3, 0.4) is 0 Å². The number of aliphatic hydroxyl groups is 1. The molecule has 1 N–H and O–H groups in total. The zero-order chi connectivity index (χ0) is 14.6. The fourth-order valence-corrected chi connectivity index (χ4v) is 4.70. The molecule has 1 aromatic rings. The predicted octanol–water partition coefficient (Wildman–Crippen LogP) is 1.32. The molecule has 2 rings (SSSR count). The van der Waals surface area contributed by atoms with Crippen molar-refractivity contribution in [2.24, 2.45) is 0 Å². The number of hydrogen-bond donors (Lipinski definition) is 1. The number of benzene rings is 1. The first kappa shape index (κ1) is 15.6. The third kappa shape index (κ3) is 3.28. The molecule has 5 nitrogen and oxygen atoms in total. The number of nitrogens with zero attached hydrogens (tertiary/aromatic N) is 1. The summed E-state index contributed by atoms with van der Waals surface area (Å²) in [7, 11) is -3.47. The molecule has 0 aliphatic carbocycles. The molecule has 0 saturated carbocycles. The van der Waals surface area contributed by atoms with Crippen molar-refractivity contribution in [1.29, 1.82) is 0 Å². The fourth-order valence-electron chi connectivity index (χ4n) is 2.07. The van der Waals surface area contributed by atoms with E-state index in [0.717, 1.165) is 11.5 Å². The van der Waals surface area contributed by atoms with Crippen LogP contribution in [-0.2, 0) is 16.6 Å². The van der Waals surface area contributed by atoms with Gasteiger partial charge in [0.1, 0.15) is 5.75 Å². The van der Waals surface area contributed by atoms with Crippen LogP contribution in [0.15, 0.2) is 23.1 Å². The van der Waals surface area contributed by atoms with Crippen LogP contribution in [0.2, 0.25) is 0 Å². The lowest BCUT2D eigenvalue weighted by molar-refractivity contribution is 0.266. The second-order valence-corrected chi connectivity index (χ2v) is 7.54. The molecule has 20 heavy (non-hydrogen) atoms. The van der Waals surface area contributed by atoms with Crippen molar-refractivity contribution in [2.75, 3.05) is 31.2 Å². The Bertz CT molecular complexity index is 553. The quantitative estimate of drug-likeness (QED) is 0.887. The van der Waals surface area contributed by atoms with Gasteiger partial charge in [0.15, 0.2) is 0 Å². The lowest BCUT2D eigenvalue weighted by Gasteiger charge is -2.26. The van der Waals surface area contributed by atoms with Gasteiger partial charge in [0.05, 0.1) is 18.1 Å². The van der Waals surface area contributed by atoms with Crippen molar-refractivity contribution >= 4 is 21.8 Å². The summed E-state index contributed by atoms with van der Waals surface area (Å²) in [6, 6.07) is 4.66. The maximum atomic E-state index is 12.5. The van der Waals surface area contributed by atoms with Gasteiger partial charge in [0, 0.05) is 30.2 Å². The van der Waals surface area contributed by atoms with Gasteiger partial charge in [0.2, 0.25) is 10.0 Å². The van der Waals surface area contributed by atoms with E-state index in [1.807, 2.05) is 6.92 Å². The van der Waals surface area contributed by atoms with Gasteiger partial charge in [0.25, 0.3) is 0 Å².